The van der Waals surface area contributed by atoms with Gasteiger partial charge in [-0.15, -0.1) is 10.2 Å². The van der Waals surface area contributed by atoms with E-state index in [1.54, 1.807) is 7.11 Å². The van der Waals surface area contributed by atoms with Crippen molar-refractivity contribution in [3.63, 3.8) is 0 Å². The van der Waals surface area contributed by atoms with Crippen LogP contribution in [-0.4, -0.2) is 28.5 Å². The van der Waals surface area contributed by atoms with Crippen LogP contribution in [0.25, 0.3) is 10.6 Å². The zero-order chi connectivity index (χ0) is 14.8. The summed E-state index contributed by atoms with van der Waals surface area (Å²) in [4.78, 5) is 12.8. The zero-order valence-electron chi connectivity index (χ0n) is 12.0. The lowest BCUT2D eigenvalue weighted by molar-refractivity contribution is 0.189. The van der Waals surface area contributed by atoms with E-state index in [1.165, 1.54) is 16.9 Å². The summed E-state index contributed by atoms with van der Waals surface area (Å²) in [5.74, 6) is 0. The number of hydrogen-bond acceptors (Lipinski definition) is 6. The highest BCUT2D eigenvalue weighted by atomic mass is 32.1. The molecule has 3 rings (SSSR count). The van der Waals surface area contributed by atoms with E-state index < -0.39 is 0 Å². The molecule has 0 radical (unpaired) electrons. The van der Waals surface area contributed by atoms with Crippen LogP contribution in [-0.2, 0) is 24.1 Å². The van der Waals surface area contributed by atoms with Gasteiger partial charge in [0.25, 0.3) is 5.56 Å². The molecule has 0 amide bonds. The topological polar surface area (TPSA) is 83.0 Å². The molecule has 0 unspecified atom stereocenters. The molecule has 0 bridgehead atoms. The monoisotopic (exact) mass is 306 g/mol. The summed E-state index contributed by atoms with van der Waals surface area (Å²) in [6, 6.07) is 1.97. The highest BCUT2D eigenvalue weighted by Gasteiger charge is 2.21. The van der Waals surface area contributed by atoms with Gasteiger partial charge in [0.2, 0.25) is 5.13 Å². The third-order valence-electron chi connectivity index (χ3n) is 3.75. The molecule has 1 aliphatic rings. The van der Waals surface area contributed by atoms with E-state index >= 15 is 0 Å². The largest absolute Gasteiger partial charge is 0.385 e. The molecule has 0 atom stereocenters. The molecule has 1 aliphatic carbocycles. The Morgan fingerprint density at radius 1 is 1.43 bits per heavy atom. The van der Waals surface area contributed by atoms with Crippen molar-refractivity contribution in [3.05, 3.63) is 27.7 Å². The number of hydrogen-bond donors (Lipinski definition) is 1. The quantitative estimate of drug-likeness (QED) is 0.846. The molecule has 21 heavy (non-hydrogen) atoms. The summed E-state index contributed by atoms with van der Waals surface area (Å²) in [7, 11) is 1.67. The first kappa shape index (κ1) is 14.2. The Morgan fingerprint density at radius 3 is 3.00 bits per heavy atom. The number of fused-ring (bicyclic) bond motifs is 1. The first-order chi connectivity index (χ1) is 10.2. The molecule has 6 nitrogen and oxygen atoms in total. The summed E-state index contributed by atoms with van der Waals surface area (Å²) >= 11 is 1.26. The molecule has 0 aromatic carbocycles. The van der Waals surface area contributed by atoms with Crippen molar-refractivity contribution in [1.82, 2.24) is 14.8 Å². The lowest BCUT2D eigenvalue weighted by atomic mass is 10.1. The Kier molecular flexibility index (Phi) is 4.03. The highest BCUT2D eigenvalue weighted by Crippen LogP contribution is 2.27. The van der Waals surface area contributed by atoms with Gasteiger partial charge in [-0.05, 0) is 37.3 Å². The van der Waals surface area contributed by atoms with Gasteiger partial charge in [-0.1, -0.05) is 11.3 Å². The molecular weight excluding hydrogens is 288 g/mol. The zero-order valence-corrected chi connectivity index (χ0v) is 12.8. The van der Waals surface area contributed by atoms with Crippen molar-refractivity contribution in [2.75, 3.05) is 19.5 Å². The van der Waals surface area contributed by atoms with Crippen molar-refractivity contribution in [1.29, 1.82) is 0 Å². The molecule has 0 spiro atoms. The van der Waals surface area contributed by atoms with E-state index in [9.17, 15) is 4.79 Å². The predicted molar refractivity (Wildman–Crippen MR) is 82.5 cm³/mol. The first-order valence-corrected chi connectivity index (χ1v) is 7.86. The van der Waals surface area contributed by atoms with Crippen LogP contribution >= 0.6 is 11.3 Å². The van der Waals surface area contributed by atoms with Gasteiger partial charge >= 0.3 is 0 Å². The third kappa shape index (κ3) is 2.71. The van der Waals surface area contributed by atoms with Gasteiger partial charge in [-0.3, -0.25) is 4.79 Å². The van der Waals surface area contributed by atoms with Gasteiger partial charge < -0.3 is 15.0 Å². The number of ether oxygens (including phenoxy) is 1. The first-order valence-electron chi connectivity index (χ1n) is 7.04. The van der Waals surface area contributed by atoms with Crippen LogP contribution in [0.5, 0.6) is 0 Å². The van der Waals surface area contributed by atoms with E-state index in [-0.39, 0.29) is 5.56 Å². The fourth-order valence-electron chi connectivity index (χ4n) is 2.82. The van der Waals surface area contributed by atoms with Crippen molar-refractivity contribution >= 4 is 16.5 Å². The summed E-state index contributed by atoms with van der Waals surface area (Å²) < 4.78 is 6.97. The van der Waals surface area contributed by atoms with Crippen LogP contribution in [0, 0.1) is 0 Å². The van der Waals surface area contributed by atoms with Gasteiger partial charge in [0.1, 0.15) is 0 Å². The van der Waals surface area contributed by atoms with E-state index in [1.807, 2.05) is 10.6 Å². The molecule has 0 saturated carbocycles. The SMILES string of the molecule is COCCCn1c2c(cc(-c3nnc(N)s3)c1=O)CCC2. The molecule has 0 fully saturated rings. The number of pyridine rings is 1. The summed E-state index contributed by atoms with van der Waals surface area (Å²) in [5, 5.41) is 8.82. The van der Waals surface area contributed by atoms with Crippen LogP contribution in [0.3, 0.4) is 0 Å². The summed E-state index contributed by atoms with van der Waals surface area (Å²) in [5.41, 5.74) is 8.66. The maximum absolute atomic E-state index is 12.8. The second-order valence-electron chi connectivity index (χ2n) is 5.13. The van der Waals surface area contributed by atoms with E-state index in [0.717, 1.165) is 31.4 Å². The van der Waals surface area contributed by atoms with Crippen LogP contribution in [0.4, 0.5) is 5.13 Å². The standard InChI is InChI=1S/C14H18N4O2S/c1-20-7-3-6-18-11-5-2-4-9(11)8-10(13(18)19)12-16-17-14(15)21-12/h8H,2-7H2,1H3,(H2,15,17). The minimum atomic E-state index is 0.00269. The second-order valence-corrected chi connectivity index (χ2v) is 6.14. The molecule has 2 heterocycles. The van der Waals surface area contributed by atoms with Gasteiger partial charge in [0.05, 0.1) is 5.56 Å². The highest BCUT2D eigenvalue weighted by molar-refractivity contribution is 7.18. The van der Waals surface area contributed by atoms with Crippen molar-refractivity contribution in [3.8, 4) is 10.6 Å². The van der Waals surface area contributed by atoms with E-state index in [2.05, 4.69) is 10.2 Å². The number of rotatable bonds is 5. The molecule has 2 N–H and O–H groups in total. The number of aromatic nitrogens is 3. The minimum absolute atomic E-state index is 0.00269. The van der Waals surface area contributed by atoms with Gasteiger partial charge in [0.15, 0.2) is 5.01 Å². The van der Waals surface area contributed by atoms with Crippen LogP contribution in [0.2, 0.25) is 0 Å². The fraction of sp³-hybridized carbons (Fsp3) is 0.500. The number of methoxy groups -OCH3 is 1. The number of aryl methyl sites for hydroxylation is 1. The second kappa shape index (κ2) is 5.95. The maximum Gasteiger partial charge on any atom is 0.261 e. The van der Waals surface area contributed by atoms with Crippen LogP contribution in [0.1, 0.15) is 24.1 Å². The molecule has 0 saturated heterocycles. The summed E-state index contributed by atoms with van der Waals surface area (Å²) in [6.45, 7) is 1.33. The van der Waals surface area contributed by atoms with Gasteiger partial charge in [0, 0.05) is 26.0 Å². The Balaban J connectivity index is 2.06. The molecular formula is C14H18N4O2S. The number of nitrogen functional groups attached to an aromatic ring is 1. The average molecular weight is 306 g/mol. The number of anilines is 1. The number of nitrogens with zero attached hydrogens (tertiary/aromatic N) is 3. The summed E-state index contributed by atoms with van der Waals surface area (Å²) in [6.07, 6.45) is 3.91. The van der Waals surface area contributed by atoms with Crippen molar-refractivity contribution in [2.24, 2.45) is 0 Å². The van der Waals surface area contributed by atoms with E-state index in [4.69, 9.17) is 10.5 Å². The van der Waals surface area contributed by atoms with E-state index in [0.29, 0.717) is 28.9 Å². The normalized spacial score (nSPS) is 13.6. The van der Waals surface area contributed by atoms with Crippen molar-refractivity contribution < 1.29 is 4.74 Å². The number of nitrogens with two attached hydrogens (primary N) is 1. The third-order valence-corrected chi connectivity index (χ3v) is 4.54. The lowest BCUT2D eigenvalue weighted by Gasteiger charge is -2.13. The smallest absolute Gasteiger partial charge is 0.261 e. The predicted octanol–water partition coefficient (Wildman–Crippen LogP) is 1.47. The maximum atomic E-state index is 12.8. The van der Waals surface area contributed by atoms with Crippen molar-refractivity contribution in [2.45, 2.75) is 32.2 Å². The Hall–Kier alpha value is -1.73. The fourth-order valence-corrected chi connectivity index (χ4v) is 3.44. The van der Waals surface area contributed by atoms with Crippen LogP contribution in [0.15, 0.2) is 10.9 Å². The van der Waals surface area contributed by atoms with Crippen LogP contribution < -0.4 is 11.3 Å². The Bertz CT molecular complexity index is 707. The molecule has 7 heteroatoms. The lowest BCUT2D eigenvalue weighted by Crippen LogP contribution is -2.26. The van der Waals surface area contributed by atoms with Gasteiger partial charge in [-0.2, -0.15) is 0 Å². The molecule has 2 aromatic rings. The molecule has 0 aliphatic heterocycles. The van der Waals surface area contributed by atoms with Gasteiger partial charge in [-0.25, -0.2) is 0 Å². The Morgan fingerprint density at radius 2 is 2.29 bits per heavy atom. The minimum Gasteiger partial charge on any atom is -0.385 e. The average Bonchev–Trinajstić information content (AvgIpc) is 3.09. The molecule has 112 valence electrons. The Labute approximate surface area is 126 Å². The molecule has 2 aromatic heterocycles.